The number of carbonyl (C=O) groups excluding carboxylic acids is 1. The summed E-state index contributed by atoms with van der Waals surface area (Å²) in [5, 5.41) is 0. The highest BCUT2D eigenvalue weighted by molar-refractivity contribution is 7.92. The van der Waals surface area contributed by atoms with Gasteiger partial charge in [0.2, 0.25) is 5.91 Å². The van der Waals surface area contributed by atoms with Crippen LogP contribution in [0.15, 0.2) is 71.6 Å². The highest BCUT2D eigenvalue weighted by atomic mass is 32.2. The summed E-state index contributed by atoms with van der Waals surface area (Å²) in [7, 11) is -2.03. The summed E-state index contributed by atoms with van der Waals surface area (Å²) in [6.45, 7) is 13.3. The van der Waals surface area contributed by atoms with Gasteiger partial charge in [0.05, 0.1) is 22.8 Å². The number of hydrogen-bond donors (Lipinski definition) is 0. The monoisotopic (exact) mass is 536 g/mol. The molecule has 0 bridgehead atoms. The van der Waals surface area contributed by atoms with Crippen LogP contribution in [0.4, 0.5) is 11.5 Å². The maximum Gasteiger partial charge on any atom is 0.264 e. The average Bonchev–Trinajstić information content (AvgIpc) is 2.90. The number of likely N-dealkylation sites (N-methyl/N-ethyl adjacent to an activating group) is 1. The van der Waals surface area contributed by atoms with Crippen molar-refractivity contribution in [3.05, 3.63) is 83.6 Å². The van der Waals surface area contributed by atoms with E-state index in [1.807, 2.05) is 75.2 Å². The van der Waals surface area contributed by atoms with Crippen molar-refractivity contribution in [3.63, 3.8) is 0 Å². The van der Waals surface area contributed by atoms with Crippen molar-refractivity contribution in [2.45, 2.75) is 58.4 Å². The van der Waals surface area contributed by atoms with Crippen LogP contribution in [0, 0.1) is 6.92 Å². The second-order valence-corrected chi connectivity index (χ2v) is 12.4. The predicted octanol–water partition coefficient (Wildman–Crippen LogP) is 5.39. The van der Waals surface area contributed by atoms with E-state index in [2.05, 4.69) is 25.8 Å². The summed E-state index contributed by atoms with van der Waals surface area (Å²) in [5.74, 6) is 0.537. The molecular weight excluding hydrogens is 496 g/mol. The molecule has 3 rings (SSSR count). The molecule has 0 aliphatic rings. The number of aromatic nitrogens is 1. The molecule has 0 aliphatic heterocycles. The van der Waals surface area contributed by atoms with E-state index in [1.54, 1.807) is 29.2 Å². The molecule has 0 radical (unpaired) electrons. The summed E-state index contributed by atoms with van der Waals surface area (Å²) >= 11 is 0. The third-order valence-corrected chi connectivity index (χ3v) is 8.44. The Labute approximate surface area is 228 Å². The van der Waals surface area contributed by atoms with Gasteiger partial charge in [0.25, 0.3) is 10.0 Å². The number of amides is 1. The van der Waals surface area contributed by atoms with E-state index in [9.17, 15) is 13.2 Å². The van der Waals surface area contributed by atoms with Crippen molar-refractivity contribution in [2.24, 2.45) is 0 Å². The lowest BCUT2D eigenvalue weighted by molar-refractivity contribution is -0.130. The third-order valence-electron chi connectivity index (χ3n) is 6.65. The molecular formula is C30H40N4O3S. The first-order chi connectivity index (χ1) is 17.9. The Morgan fingerprint density at radius 2 is 1.53 bits per heavy atom. The number of nitrogens with zero attached hydrogens (tertiary/aromatic N) is 4. The first-order valence-electron chi connectivity index (χ1n) is 13.0. The first kappa shape index (κ1) is 29.2. The van der Waals surface area contributed by atoms with Crippen molar-refractivity contribution in [2.75, 3.05) is 35.9 Å². The number of benzene rings is 2. The van der Waals surface area contributed by atoms with Crippen LogP contribution in [-0.2, 0) is 26.8 Å². The van der Waals surface area contributed by atoms with Crippen LogP contribution in [0.5, 0.6) is 0 Å². The van der Waals surface area contributed by atoms with Crippen LogP contribution >= 0.6 is 0 Å². The predicted molar refractivity (Wildman–Crippen MR) is 155 cm³/mol. The summed E-state index contributed by atoms with van der Waals surface area (Å²) < 4.78 is 29.0. The molecule has 0 spiro atoms. The minimum absolute atomic E-state index is 0.103. The summed E-state index contributed by atoms with van der Waals surface area (Å²) in [5.41, 5.74) is 3.14. The van der Waals surface area contributed by atoms with E-state index in [0.29, 0.717) is 18.8 Å². The number of pyridine rings is 1. The van der Waals surface area contributed by atoms with Gasteiger partial charge in [0.1, 0.15) is 12.4 Å². The number of sulfonamides is 1. The number of rotatable bonds is 10. The smallest absolute Gasteiger partial charge is 0.264 e. The molecule has 38 heavy (non-hydrogen) atoms. The molecule has 0 unspecified atom stereocenters. The Kier molecular flexibility index (Phi) is 9.20. The molecule has 204 valence electrons. The van der Waals surface area contributed by atoms with Gasteiger partial charge in [-0.05, 0) is 68.1 Å². The molecule has 1 heterocycles. The van der Waals surface area contributed by atoms with Crippen LogP contribution in [0.2, 0.25) is 0 Å². The lowest BCUT2D eigenvalue weighted by Crippen LogP contribution is -2.43. The van der Waals surface area contributed by atoms with Gasteiger partial charge in [-0.1, -0.05) is 56.7 Å². The summed E-state index contributed by atoms with van der Waals surface area (Å²) in [4.78, 5) is 22.0. The van der Waals surface area contributed by atoms with Gasteiger partial charge in [-0.3, -0.25) is 9.10 Å². The zero-order chi connectivity index (χ0) is 28.1. The zero-order valence-electron chi connectivity index (χ0n) is 23.6. The molecule has 3 aromatic rings. The lowest BCUT2D eigenvalue weighted by Gasteiger charge is -2.28. The van der Waals surface area contributed by atoms with Gasteiger partial charge in [-0.15, -0.1) is 0 Å². The SMILES string of the molecule is CCN(Cc1cccc(N(C)CC)n1)C(=O)CN(c1ccc(C)cc1)S(=O)(=O)c1ccc(C(C)(C)C)cc1. The van der Waals surface area contributed by atoms with Crippen molar-refractivity contribution < 1.29 is 13.2 Å². The van der Waals surface area contributed by atoms with Gasteiger partial charge in [0.15, 0.2) is 0 Å². The fourth-order valence-electron chi connectivity index (χ4n) is 4.00. The lowest BCUT2D eigenvalue weighted by atomic mass is 9.87. The quantitative estimate of drug-likeness (QED) is 0.347. The minimum atomic E-state index is -4.00. The highest BCUT2D eigenvalue weighted by Crippen LogP contribution is 2.28. The fourth-order valence-corrected chi connectivity index (χ4v) is 5.42. The molecule has 0 fully saturated rings. The van der Waals surface area contributed by atoms with E-state index < -0.39 is 10.0 Å². The molecule has 0 atom stereocenters. The molecule has 0 saturated heterocycles. The van der Waals surface area contributed by atoms with E-state index in [-0.39, 0.29) is 22.8 Å². The minimum Gasteiger partial charge on any atom is -0.360 e. The normalized spacial score (nSPS) is 11.8. The number of hydrogen-bond acceptors (Lipinski definition) is 5. The summed E-state index contributed by atoms with van der Waals surface area (Å²) in [6.07, 6.45) is 0. The molecule has 8 heteroatoms. The number of anilines is 2. The van der Waals surface area contributed by atoms with Crippen LogP contribution in [0.25, 0.3) is 0 Å². The van der Waals surface area contributed by atoms with Crippen molar-refractivity contribution in [1.82, 2.24) is 9.88 Å². The van der Waals surface area contributed by atoms with E-state index in [0.717, 1.165) is 29.2 Å². The van der Waals surface area contributed by atoms with Crippen LogP contribution < -0.4 is 9.21 Å². The van der Waals surface area contributed by atoms with Crippen LogP contribution in [0.1, 0.15) is 51.4 Å². The van der Waals surface area contributed by atoms with Gasteiger partial charge in [-0.25, -0.2) is 13.4 Å². The third kappa shape index (κ3) is 6.92. The van der Waals surface area contributed by atoms with Crippen molar-refractivity contribution in [1.29, 1.82) is 0 Å². The van der Waals surface area contributed by atoms with Gasteiger partial charge in [0, 0.05) is 20.1 Å². The Bertz CT molecular complexity index is 1330. The topological polar surface area (TPSA) is 73.8 Å². The standard InChI is InChI=1S/C30H40N4O3S/c1-8-32(7)28-12-10-11-25(31-28)21-33(9-2)29(35)22-34(26-17-13-23(3)14-18-26)38(36,37)27-19-15-24(16-20-27)30(4,5)6/h10-20H,8-9,21-22H2,1-7H3. The fraction of sp³-hybridized carbons (Fsp3) is 0.400. The van der Waals surface area contributed by atoms with Gasteiger partial charge < -0.3 is 9.80 Å². The zero-order valence-corrected chi connectivity index (χ0v) is 24.4. The van der Waals surface area contributed by atoms with Crippen molar-refractivity contribution in [3.8, 4) is 0 Å². The van der Waals surface area contributed by atoms with E-state index >= 15 is 0 Å². The molecule has 0 saturated carbocycles. The van der Waals surface area contributed by atoms with Gasteiger partial charge in [-0.2, -0.15) is 0 Å². The first-order valence-corrected chi connectivity index (χ1v) is 14.5. The Morgan fingerprint density at radius 1 is 0.895 bits per heavy atom. The van der Waals surface area contributed by atoms with E-state index in [4.69, 9.17) is 0 Å². The average molecular weight is 537 g/mol. The second-order valence-electron chi connectivity index (χ2n) is 10.5. The Morgan fingerprint density at radius 3 is 2.08 bits per heavy atom. The van der Waals surface area contributed by atoms with E-state index in [1.165, 1.54) is 4.31 Å². The van der Waals surface area contributed by atoms with Crippen LogP contribution in [-0.4, -0.2) is 50.9 Å². The number of carbonyl (C=O) groups is 1. The largest absolute Gasteiger partial charge is 0.360 e. The highest BCUT2D eigenvalue weighted by Gasteiger charge is 2.29. The molecule has 2 aromatic carbocycles. The molecule has 1 amide bonds. The van der Waals surface area contributed by atoms with Crippen molar-refractivity contribution >= 4 is 27.4 Å². The second kappa shape index (κ2) is 12.0. The van der Waals surface area contributed by atoms with Gasteiger partial charge >= 0.3 is 0 Å². The molecule has 7 nitrogen and oxygen atoms in total. The molecule has 1 aromatic heterocycles. The Balaban J connectivity index is 1.93. The maximum absolute atomic E-state index is 13.9. The maximum atomic E-state index is 13.9. The Hall–Kier alpha value is -3.39. The molecule has 0 N–H and O–H groups in total. The summed E-state index contributed by atoms with van der Waals surface area (Å²) in [6, 6.07) is 19.8. The number of aryl methyl sites for hydroxylation is 1. The molecule has 0 aliphatic carbocycles. The van der Waals surface area contributed by atoms with Crippen LogP contribution in [0.3, 0.4) is 0 Å².